The number of carbonyl (C=O) groups is 1. The van der Waals surface area contributed by atoms with Crippen LogP contribution < -0.4 is 15.8 Å². The number of anilines is 1. The Morgan fingerprint density at radius 2 is 2.17 bits per heavy atom. The zero-order chi connectivity index (χ0) is 16.8. The molecule has 1 heterocycles. The van der Waals surface area contributed by atoms with Gasteiger partial charge in [0.1, 0.15) is 11.5 Å². The topological polar surface area (TPSA) is 77.2 Å². The minimum Gasteiger partial charge on any atom is -0.455 e. The van der Waals surface area contributed by atoms with E-state index in [-0.39, 0.29) is 11.8 Å². The van der Waals surface area contributed by atoms with Gasteiger partial charge in [-0.05, 0) is 48.7 Å². The maximum absolute atomic E-state index is 12.1. The number of ether oxygens (including phenoxy) is 1. The molecular weight excluding hydrogens is 290 g/mol. The van der Waals surface area contributed by atoms with Crippen molar-refractivity contribution < 1.29 is 9.53 Å². The van der Waals surface area contributed by atoms with Crippen LogP contribution >= 0.6 is 0 Å². The van der Waals surface area contributed by atoms with Crippen molar-refractivity contribution in [1.82, 2.24) is 4.98 Å². The highest BCUT2D eigenvalue weighted by Gasteiger charge is 2.19. The fraction of sp³-hybridized carbons (Fsp3) is 0.333. The van der Waals surface area contributed by atoms with Gasteiger partial charge in [0.05, 0.1) is 12.2 Å². The standard InChI is InChI=1S/C18H23N3O2/c1-4-12(2)17(19)18(22)21-14-7-8-16(13(3)10-14)23-15-6-5-9-20-11-15/h5-12,17H,4,19H2,1-3H3,(H,21,22). The Bertz CT molecular complexity index is 659. The molecule has 5 nitrogen and oxygen atoms in total. The first-order valence-electron chi connectivity index (χ1n) is 7.76. The zero-order valence-electron chi connectivity index (χ0n) is 13.7. The van der Waals surface area contributed by atoms with Gasteiger partial charge in [0.25, 0.3) is 0 Å². The maximum Gasteiger partial charge on any atom is 0.241 e. The van der Waals surface area contributed by atoms with Gasteiger partial charge in [-0.3, -0.25) is 9.78 Å². The summed E-state index contributed by atoms with van der Waals surface area (Å²) < 4.78 is 5.77. The Morgan fingerprint density at radius 3 is 2.78 bits per heavy atom. The molecule has 2 atom stereocenters. The summed E-state index contributed by atoms with van der Waals surface area (Å²) in [5.41, 5.74) is 7.58. The molecule has 1 aromatic carbocycles. The van der Waals surface area contributed by atoms with Crippen LogP contribution in [-0.2, 0) is 4.79 Å². The first kappa shape index (κ1) is 17.0. The number of nitrogens with one attached hydrogen (secondary N) is 1. The van der Waals surface area contributed by atoms with Crippen LogP contribution in [0.25, 0.3) is 0 Å². The summed E-state index contributed by atoms with van der Waals surface area (Å²) in [7, 11) is 0. The van der Waals surface area contributed by atoms with Crippen molar-refractivity contribution in [3.63, 3.8) is 0 Å². The zero-order valence-corrected chi connectivity index (χ0v) is 13.7. The molecule has 0 saturated heterocycles. The van der Waals surface area contributed by atoms with Crippen LogP contribution in [0.3, 0.4) is 0 Å². The van der Waals surface area contributed by atoms with Crippen molar-refractivity contribution in [3.8, 4) is 11.5 Å². The molecule has 2 rings (SSSR count). The van der Waals surface area contributed by atoms with Crippen molar-refractivity contribution in [2.24, 2.45) is 11.7 Å². The molecule has 0 aliphatic rings. The molecule has 0 bridgehead atoms. The van der Waals surface area contributed by atoms with Crippen LogP contribution in [0.5, 0.6) is 11.5 Å². The fourth-order valence-electron chi connectivity index (χ4n) is 2.11. The second-order valence-corrected chi connectivity index (χ2v) is 5.67. The summed E-state index contributed by atoms with van der Waals surface area (Å²) >= 11 is 0. The predicted octanol–water partition coefficient (Wildman–Crippen LogP) is 3.49. The van der Waals surface area contributed by atoms with E-state index < -0.39 is 6.04 Å². The molecule has 2 aromatic rings. The number of benzene rings is 1. The number of pyridine rings is 1. The molecule has 122 valence electrons. The third-order valence-corrected chi connectivity index (χ3v) is 3.86. The summed E-state index contributed by atoms with van der Waals surface area (Å²) in [6.07, 6.45) is 4.21. The van der Waals surface area contributed by atoms with Crippen LogP contribution in [0.15, 0.2) is 42.7 Å². The number of nitrogens with two attached hydrogens (primary N) is 1. The Hall–Kier alpha value is -2.40. The van der Waals surface area contributed by atoms with Crippen molar-refractivity contribution in [2.45, 2.75) is 33.2 Å². The number of hydrogen-bond acceptors (Lipinski definition) is 4. The Balaban J connectivity index is 2.06. The number of aryl methyl sites for hydroxylation is 1. The molecule has 3 N–H and O–H groups in total. The van der Waals surface area contributed by atoms with E-state index in [0.29, 0.717) is 11.4 Å². The molecule has 0 radical (unpaired) electrons. The summed E-state index contributed by atoms with van der Waals surface area (Å²) in [6.45, 7) is 5.92. The predicted molar refractivity (Wildman–Crippen MR) is 91.6 cm³/mol. The van der Waals surface area contributed by atoms with E-state index in [1.165, 1.54) is 0 Å². The van der Waals surface area contributed by atoms with Gasteiger partial charge in [-0.25, -0.2) is 0 Å². The van der Waals surface area contributed by atoms with Gasteiger partial charge in [-0.2, -0.15) is 0 Å². The monoisotopic (exact) mass is 313 g/mol. The van der Waals surface area contributed by atoms with E-state index in [9.17, 15) is 4.79 Å². The van der Waals surface area contributed by atoms with Crippen LogP contribution in [0.1, 0.15) is 25.8 Å². The summed E-state index contributed by atoms with van der Waals surface area (Å²) in [4.78, 5) is 16.1. The average Bonchev–Trinajstić information content (AvgIpc) is 2.56. The maximum atomic E-state index is 12.1. The van der Waals surface area contributed by atoms with E-state index in [0.717, 1.165) is 17.7 Å². The molecule has 1 aromatic heterocycles. The Morgan fingerprint density at radius 1 is 1.39 bits per heavy atom. The second kappa shape index (κ2) is 7.74. The van der Waals surface area contributed by atoms with Crippen molar-refractivity contribution >= 4 is 11.6 Å². The molecule has 0 aliphatic carbocycles. The molecule has 0 spiro atoms. The lowest BCUT2D eigenvalue weighted by molar-refractivity contribution is -0.118. The highest BCUT2D eigenvalue weighted by atomic mass is 16.5. The van der Waals surface area contributed by atoms with Crippen LogP contribution in [0.4, 0.5) is 5.69 Å². The SMILES string of the molecule is CCC(C)C(N)C(=O)Nc1ccc(Oc2cccnc2)c(C)c1. The average molecular weight is 313 g/mol. The molecule has 0 saturated carbocycles. The molecule has 0 fully saturated rings. The van der Waals surface area contributed by atoms with Crippen molar-refractivity contribution in [2.75, 3.05) is 5.32 Å². The van der Waals surface area contributed by atoms with Gasteiger partial charge in [0.2, 0.25) is 5.91 Å². The summed E-state index contributed by atoms with van der Waals surface area (Å²) in [5.74, 6) is 1.37. The first-order valence-corrected chi connectivity index (χ1v) is 7.76. The normalized spacial score (nSPS) is 13.2. The third kappa shape index (κ3) is 4.53. The number of rotatable bonds is 6. The van der Waals surface area contributed by atoms with E-state index in [1.54, 1.807) is 18.5 Å². The van der Waals surface area contributed by atoms with Gasteiger partial charge >= 0.3 is 0 Å². The lowest BCUT2D eigenvalue weighted by Crippen LogP contribution is -2.40. The highest BCUT2D eigenvalue weighted by Crippen LogP contribution is 2.27. The van der Waals surface area contributed by atoms with E-state index in [2.05, 4.69) is 10.3 Å². The van der Waals surface area contributed by atoms with Gasteiger partial charge in [-0.1, -0.05) is 20.3 Å². The molecule has 0 aliphatic heterocycles. The molecule has 5 heteroatoms. The second-order valence-electron chi connectivity index (χ2n) is 5.67. The number of amides is 1. The lowest BCUT2D eigenvalue weighted by Gasteiger charge is -2.18. The Kier molecular flexibility index (Phi) is 5.71. The number of aromatic nitrogens is 1. The fourth-order valence-corrected chi connectivity index (χ4v) is 2.11. The molecular formula is C18H23N3O2. The first-order chi connectivity index (χ1) is 11.0. The Labute approximate surface area is 136 Å². The van der Waals surface area contributed by atoms with E-state index >= 15 is 0 Å². The number of carbonyl (C=O) groups excluding carboxylic acids is 1. The summed E-state index contributed by atoms with van der Waals surface area (Å²) in [5, 5.41) is 2.86. The number of nitrogens with zero attached hydrogens (tertiary/aromatic N) is 1. The van der Waals surface area contributed by atoms with E-state index in [4.69, 9.17) is 10.5 Å². The number of hydrogen-bond donors (Lipinski definition) is 2. The lowest BCUT2D eigenvalue weighted by atomic mass is 9.99. The minimum absolute atomic E-state index is 0.143. The highest BCUT2D eigenvalue weighted by molar-refractivity contribution is 5.95. The third-order valence-electron chi connectivity index (χ3n) is 3.86. The van der Waals surface area contributed by atoms with Crippen molar-refractivity contribution in [1.29, 1.82) is 0 Å². The molecule has 1 amide bonds. The minimum atomic E-state index is -0.508. The van der Waals surface area contributed by atoms with Gasteiger partial charge in [-0.15, -0.1) is 0 Å². The van der Waals surface area contributed by atoms with Gasteiger partial charge in [0, 0.05) is 11.9 Å². The van der Waals surface area contributed by atoms with E-state index in [1.807, 2.05) is 45.0 Å². The van der Waals surface area contributed by atoms with Crippen LogP contribution in [0, 0.1) is 12.8 Å². The summed E-state index contributed by atoms with van der Waals surface area (Å²) in [6, 6.07) is 8.65. The van der Waals surface area contributed by atoms with Crippen LogP contribution in [-0.4, -0.2) is 16.9 Å². The van der Waals surface area contributed by atoms with Gasteiger partial charge in [0.15, 0.2) is 0 Å². The quantitative estimate of drug-likeness (QED) is 0.855. The molecule has 23 heavy (non-hydrogen) atoms. The molecule has 2 unspecified atom stereocenters. The smallest absolute Gasteiger partial charge is 0.241 e. The van der Waals surface area contributed by atoms with Crippen LogP contribution in [0.2, 0.25) is 0 Å². The van der Waals surface area contributed by atoms with Gasteiger partial charge < -0.3 is 15.8 Å². The largest absolute Gasteiger partial charge is 0.455 e. The van der Waals surface area contributed by atoms with Crippen molar-refractivity contribution in [3.05, 3.63) is 48.3 Å².